The maximum atomic E-state index is 11.7. The van der Waals surface area contributed by atoms with Crippen LogP contribution in [0.3, 0.4) is 0 Å². The van der Waals surface area contributed by atoms with E-state index in [4.69, 9.17) is 4.74 Å². The molecule has 0 bridgehead atoms. The van der Waals surface area contributed by atoms with Crippen LogP contribution in [0.2, 0.25) is 0 Å². The minimum atomic E-state index is -0.174. The average molecular weight is 192 g/mol. The molecular formula is C12H13FO. The first-order chi connectivity index (χ1) is 6.88. The molecule has 0 fully saturated rings. The summed E-state index contributed by atoms with van der Waals surface area (Å²) in [6.45, 7) is 3.93. The SMILES string of the molecule is C=CC(OCC=CF)c1ccccc1. The largest absolute Gasteiger partial charge is 0.365 e. The molecular weight excluding hydrogens is 179 g/mol. The van der Waals surface area contributed by atoms with Gasteiger partial charge < -0.3 is 4.74 Å². The molecule has 0 heterocycles. The summed E-state index contributed by atoms with van der Waals surface area (Å²) in [5.41, 5.74) is 1.02. The molecule has 1 aromatic carbocycles. The van der Waals surface area contributed by atoms with E-state index in [0.717, 1.165) is 5.56 Å². The van der Waals surface area contributed by atoms with Crippen LogP contribution in [0.1, 0.15) is 11.7 Å². The summed E-state index contributed by atoms with van der Waals surface area (Å²) in [4.78, 5) is 0. The predicted octanol–water partition coefficient (Wildman–Crippen LogP) is 3.41. The zero-order valence-corrected chi connectivity index (χ0v) is 7.90. The van der Waals surface area contributed by atoms with Gasteiger partial charge in [-0.15, -0.1) is 6.58 Å². The van der Waals surface area contributed by atoms with Crippen molar-refractivity contribution in [3.63, 3.8) is 0 Å². The molecule has 0 amide bonds. The number of halogens is 1. The van der Waals surface area contributed by atoms with Gasteiger partial charge in [-0.3, -0.25) is 0 Å². The topological polar surface area (TPSA) is 9.23 Å². The van der Waals surface area contributed by atoms with Crippen LogP contribution in [0.4, 0.5) is 4.39 Å². The second kappa shape index (κ2) is 6.11. The van der Waals surface area contributed by atoms with E-state index in [2.05, 4.69) is 6.58 Å². The van der Waals surface area contributed by atoms with Gasteiger partial charge in [-0.25, -0.2) is 4.39 Å². The van der Waals surface area contributed by atoms with E-state index in [1.165, 1.54) is 6.08 Å². The van der Waals surface area contributed by atoms with Crippen molar-refractivity contribution in [2.75, 3.05) is 6.61 Å². The highest BCUT2D eigenvalue weighted by molar-refractivity contribution is 5.20. The molecule has 2 heteroatoms. The monoisotopic (exact) mass is 192 g/mol. The van der Waals surface area contributed by atoms with Crippen molar-refractivity contribution in [2.24, 2.45) is 0 Å². The Bertz CT molecular complexity index is 292. The fourth-order valence-corrected chi connectivity index (χ4v) is 1.14. The minimum Gasteiger partial charge on any atom is -0.365 e. The van der Waals surface area contributed by atoms with Gasteiger partial charge in [0, 0.05) is 0 Å². The molecule has 0 aromatic heterocycles. The highest BCUT2D eigenvalue weighted by Gasteiger charge is 2.04. The van der Waals surface area contributed by atoms with Crippen LogP contribution in [0.5, 0.6) is 0 Å². The van der Waals surface area contributed by atoms with Crippen LogP contribution in [-0.2, 0) is 4.74 Å². The van der Waals surface area contributed by atoms with Gasteiger partial charge in [0.05, 0.1) is 12.9 Å². The lowest BCUT2D eigenvalue weighted by molar-refractivity contribution is 0.110. The smallest absolute Gasteiger partial charge is 0.101 e. The van der Waals surface area contributed by atoms with Gasteiger partial charge in [0.15, 0.2) is 0 Å². The second-order valence-corrected chi connectivity index (χ2v) is 2.76. The number of hydrogen-bond acceptors (Lipinski definition) is 1. The molecule has 1 atom stereocenters. The van der Waals surface area contributed by atoms with E-state index in [1.54, 1.807) is 6.08 Å². The molecule has 0 saturated carbocycles. The molecule has 74 valence electrons. The lowest BCUT2D eigenvalue weighted by Crippen LogP contribution is -2.00. The van der Waals surface area contributed by atoms with Crippen LogP contribution in [0, 0.1) is 0 Å². The third kappa shape index (κ3) is 3.15. The molecule has 0 aliphatic carbocycles. The van der Waals surface area contributed by atoms with Crippen LogP contribution in [0.25, 0.3) is 0 Å². The highest BCUT2D eigenvalue weighted by Crippen LogP contribution is 2.17. The molecule has 1 aromatic rings. The fourth-order valence-electron chi connectivity index (χ4n) is 1.14. The van der Waals surface area contributed by atoms with Crippen molar-refractivity contribution in [3.8, 4) is 0 Å². The lowest BCUT2D eigenvalue weighted by Gasteiger charge is -2.12. The van der Waals surface area contributed by atoms with Crippen molar-refractivity contribution < 1.29 is 9.13 Å². The Labute approximate surface area is 83.5 Å². The Morgan fingerprint density at radius 1 is 1.36 bits per heavy atom. The summed E-state index contributed by atoms with van der Waals surface area (Å²) in [6, 6.07) is 9.70. The van der Waals surface area contributed by atoms with Gasteiger partial charge in [-0.05, 0) is 11.6 Å². The first-order valence-electron chi connectivity index (χ1n) is 4.43. The third-order valence-electron chi connectivity index (χ3n) is 1.80. The van der Waals surface area contributed by atoms with Gasteiger partial charge in [0.25, 0.3) is 0 Å². The third-order valence-corrected chi connectivity index (χ3v) is 1.80. The van der Waals surface area contributed by atoms with Gasteiger partial charge >= 0.3 is 0 Å². The molecule has 1 rings (SSSR count). The molecule has 14 heavy (non-hydrogen) atoms. The summed E-state index contributed by atoms with van der Waals surface area (Å²) < 4.78 is 17.0. The van der Waals surface area contributed by atoms with Crippen LogP contribution >= 0.6 is 0 Å². The average Bonchev–Trinajstić information content (AvgIpc) is 2.26. The molecule has 0 N–H and O–H groups in total. The van der Waals surface area contributed by atoms with Crippen molar-refractivity contribution >= 4 is 0 Å². The molecule has 1 nitrogen and oxygen atoms in total. The number of ether oxygens (including phenoxy) is 1. The van der Waals surface area contributed by atoms with E-state index in [0.29, 0.717) is 6.33 Å². The summed E-state index contributed by atoms with van der Waals surface area (Å²) in [5.74, 6) is 0. The van der Waals surface area contributed by atoms with Gasteiger partial charge in [-0.2, -0.15) is 0 Å². The van der Waals surface area contributed by atoms with E-state index >= 15 is 0 Å². The number of rotatable bonds is 5. The molecule has 0 spiro atoms. The summed E-state index contributed by atoms with van der Waals surface area (Å²) in [5, 5.41) is 0. The fraction of sp³-hybridized carbons (Fsp3) is 0.167. The maximum absolute atomic E-state index is 11.7. The Morgan fingerprint density at radius 3 is 2.64 bits per heavy atom. The molecule has 0 aliphatic heterocycles. The molecule has 0 aliphatic rings. The minimum absolute atomic E-state index is 0.174. The summed E-state index contributed by atoms with van der Waals surface area (Å²) in [6.07, 6.45) is 3.32. The number of hydrogen-bond donors (Lipinski definition) is 0. The van der Waals surface area contributed by atoms with E-state index in [1.807, 2.05) is 30.3 Å². The van der Waals surface area contributed by atoms with Crippen molar-refractivity contribution in [2.45, 2.75) is 6.10 Å². The van der Waals surface area contributed by atoms with Crippen LogP contribution in [-0.4, -0.2) is 6.61 Å². The van der Waals surface area contributed by atoms with E-state index in [-0.39, 0.29) is 12.7 Å². The van der Waals surface area contributed by atoms with E-state index < -0.39 is 0 Å². The highest BCUT2D eigenvalue weighted by atomic mass is 19.1. The van der Waals surface area contributed by atoms with Gasteiger partial charge in [-0.1, -0.05) is 36.4 Å². The Hall–Kier alpha value is -1.41. The zero-order valence-electron chi connectivity index (χ0n) is 7.90. The van der Waals surface area contributed by atoms with Gasteiger partial charge in [0.2, 0.25) is 0 Å². The Kier molecular flexibility index (Phi) is 4.65. The summed E-state index contributed by atoms with van der Waals surface area (Å²) >= 11 is 0. The van der Waals surface area contributed by atoms with Crippen molar-refractivity contribution in [1.29, 1.82) is 0 Å². The van der Waals surface area contributed by atoms with Crippen LogP contribution < -0.4 is 0 Å². The lowest BCUT2D eigenvalue weighted by atomic mass is 10.1. The predicted molar refractivity (Wildman–Crippen MR) is 55.6 cm³/mol. The van der Waals surface area contributed by atoms with Crippen molar-refractivity contribution in [3.05, 3.63) is 61.0 Å². The first kappa shape index (κ1) is 10.7. The summed E-state index contributed by atoms with van der Waals surface area (Å²) in [7, 11) is 0. The molecule has 0 saturated heterocycles. The quantitative estimate of drug-likeness (QED) is 0.649. The maximum Gasteiger partial charge on any atom is 0.101 e. The Morgan fingerprint density at radius 2 is 2.07 bits per heavy atom. The van der Waals surface area contributed by atoms with Crippen molar-refractivity contribution in [1.82, 2.24) is 0 Å². The van der Waals surface area contributed by atoms with E-state index in [9.17, 15) is 4.39 Å². The van der Waals surface area contributed by atoms with Crippen LogP contribution in [0.15, 0.2) is 55.4 Å². The van der Waals surface area contributed by atoms with Gasteiger partial charge in [0.1, 0.15) is 6.10 Å². The number of benzene rings is 1. The first-order valence-corrected chi connectivity index (χ1v) is 4.43. The molecule has 1 unspecified atom stereocenters. The normalized spacial score (nSPS) is 12.9. The second-order valence-electron chi connectivity index (χ2n) is 2.76. The zero-order chi connectivity index (χ0) is 10.2. The molecule has 0 radical (unpaired) electrons. The Balaban J connectivity index is 2.58. The standard InChI is InChI=1S/C12H13FO/c1-2-12(14-10-6-9-13)11-7-4-3-5-8-11/h2-9,12H,1,10H2.